The van der Waals surface area contributed by atoms with Crippen molar-refractivity contribution in [3.63, 3.8) is 0 Å². The van der Waals surface area contributed by atoms with Gasteiger partial charge in [0.05, 0.1) is 0 Å². The second-order valence-corrected chi connectivity index (χ2v) is 30.1. The minimum Gasteiger partial charge on any atom is -0.429 e. The van der Waals surface area contributed by atoms with E-state index < -0.39 is 32.3 Å². The van der Waals surface area contributed by atoms with Crippen LogP contribution in [0.3, 0.4) is 0 Å². The van der Waals surface area contributed by atoms with Gasteiger partial charge in [-0.15, -0.1) is 0 Å². The molecule has 0 spiro atoms. The van der Waals surface area contributed by atoms with E-state index in [0.717, 1.165) is 0 Å². The molecule has 0 amide bonds. The van der Waals surface area contributed by atoms with Crippen LogP contribution in [0.15, 0.2) is 0 Å². The summed E-state index contributed by atoms with van der Waals surface area (Å²) in [5, 5.41) is 0. The van der Waals surface area contributed by atoms with Gasteiger partial charge in [0.1, 0.15) is 0 Å². The monoisotopic (exact) mass is 657 g/mol. The molecule has 0 unspecified atom stereocenters. The number of hydrogen-bond acceptors (Lipinski definition) is 3. The molecule has 43 heavy (non-hydrogen) atoms. The lowest BCUT2D eigenvalue weighted by Crippen LogP contribution is -2.58. The van der Waals surface area contributed by atoms with E-state index in [1.165, 1.54) is 54.4 Å². The molecular weight excluding hydrogens is 575 g/mol. The highest BCUT2D eigenvalue weighted by molar-refractivity contribution is 6.86. The highest BCUT2D eigenvalue weighted by Crippen LogP contribution is 2.41. The number of rotatable bonds is 24. The Morgan fingerprint density at radius 2 is 0.395 bits per heavy atom. The fourth-order valence-corrected chi connectivity index (χ4v) is 26.1. The minimum atomic E-state index is -2.19. The second-order valence-electron chi connectivity index (χ2n) is 18.6. The highest BCUT2D eigenvalue weighted by atomic mass is 28.4. The molecule has 0 aliphatic heterocycles. The molecule has 0 radical (unpaired) electrons. The molecule has 0 saturated carbocycles. The van der Waals surface area contributed by atoms with Crippen LogP contribution in [0.2, 0.25) is 54.4 Å². The summed E-state index contributed by atoms with van der Waals surface area (Å²) in [7, 11) is -7.08. The lowest BCUT2D eigenvalue weighted by Gasteiger charge is -2.45. The second kappa shape index (κ2) is 20.1. The third-order valence-corrected chi connectivity index (χ3v) is 24.2. The van der Waals surface area contributed by atoms with Crippen LogP contribution in [-0.4, -0.2) is 32.3 Å². The summed E-state index contributed by atoms with van der Waals surface area (Å²) >= 11 is 0. The van der Waals surface area contributed by atoms with Gasteiger partial charge >= 0.3 is 7.32 Å². The van der Waals surface area contributed by atoms with Crippen molar-refractivity contribution in [2.75, 3.05) is 0 Å². The lowest BCUT2D eigenvalue weighted by molar-refractivity contribution is 0.268. The topological polar surface area (TPSA) is 27.7 Å². The van der Waals surface area contributed by atoms with Gasteiger partial charge in [-0.05, 0) is 108 Å². The van der Waals surface area contributed by atoms with Gasteiger partial charge in [0.2, 0.25) is 0 Å². The van der Waals surface area contributed by atoms with E-state index in [2.05, 4.69) is 125 Å². The molecule has 0 rings (SSSR count). The molecule has 0 bridgehead atoms. The Morgan fingerprint density at radius 3 is 0.488 bits per heavy atom. The van der Waals surface area contributed by atoms with Crippen molar-refractivity contribution in [3.05, 3.63) is 0 Å². The molecule has 0 N–H and O–H groups in total. The Kier molecular flexibility index (Phi) is 20.3. The quantitative estimate of drug-likeness (QED) is 0.0968. The molecule has 0 aromatic heterocycles. The van der Waals surface area contributed by atoms with E-state index >= 15 is 0 Å². The summed E-state index contributed by atoms with van der Waals surface area (Å²) in [5.41, 5.74) is 0. The molecule has 0 atom stereocenters. The van der Waals surface area contributed by atoms with Gasteiger partial charge in [-0.3, -0.25) is 0 Å². The molecule has 0 saturated heterocycles. The first-order valence-corrected chi connectivity index (χ1v) is 26.2. The summed E-state index contributed by atoms with van der Waals surface area (Å²) < 4.78 is 23.2. The van der Waals surface area contributed by atoms with Crippen LogP contribution >= 0.6 is 0 Å². The van der Waals surface area contributed by atoms with Crippen molar-refractivity contribution in [2.45, 2.75) is 179 Å². The van der Waals surface area contributed by atoms with Gasteiger partial charge in [0.15, 0.2) is 25.0 Å². The Bertz CT molecular complexity index is 548. The first-order valence-electron chi connectivity index (χ1n) is 18.6. The predicted molar refractivity (Wildman–Crippen MR) is 203 cm³/mol. The highest BCUT2D eigenvalue weighted by Gasteiger charge is 2.51. The van der Waals surface area contributed by atoms with Gasteiger partial charge < -0.3 is 13.0 Å². The average molecular weight is 657 g/mol. The van der Waals surface area contributed by atoms with Crippen molar-refractivity contribution < 1.29 is 13.0 Å². The first-order chi connectivity index (χ1) is 19.5. The summed E-state index contributed by atoms with van der Waals surface area (Å²) in [5.74, 6) is 5.48. The van der Waals surface area contributed by atoms with Crippen LogP contribution in [0.25, 0.3) is 0 Å². The summed E-state index contributed by atoms with van der Waals surface area (Å²) in [4.78, 5) is 0. The number of hydrogen-bond donors (Lipinski definition) is 0. The van der Waals surface area contributed by atoms with E-state index in [1.54, 1.807) is 0 Å². The predicted octanol–water partition coefficient (Wildman–Crippen LogP) is 12.8. The van der Waals surface area contributed by atoms with E-state index in [0.29, 0.717) is 53.3 Å². The SMILES string of the molecule is CC(C)C[Si](CC(C)C)(CC(C)C)OB(O[Si](CC(C)C)(CC(C)C)CC(C)C)O[Si](CC(C)C)(CC(C)C)CC(C)C. The lowest BCUT2D eigenvalue weighted by atomic mass is 10.2. The molecule has 0 aliphatic rings. The van der Waals surface area contributed by atoms with Gasteiger partial charge in [-0.1, -0.05) is 125 Å². The first kappa shape index (κ1) is 43.6. The molecule has 0 heterocycles. The summed E-state index contributed by atoms with van der Waals surface area (Å²) in [6, 6.07) is 10.7. The Morgan fingerprint density at radius 1 is 0.279 bits per heavy atom. The summed E-state index contributed by atoms with van der Waals surface area (Å²) in [6.07, 6.45) is 0. The van der Waals surface area contributed by atoms with Crippen LogP contribution in [-0.2, 0) is 13.0 Å². The van der Waals surface area contributed by atoms with Gasteiger partial charge in [-0.25, -0.2) is 0 Å². The van der Waals surface area contributed by atoms with Crippen molar-refractivity contribution >= 4 is 32.3 Å². The van der Waals surface area contributed by atoms with Crippen molar-refractivity contribution in [2.24, 2.45) is 53.3 Å². The molecule has 0 aromatic rings. The third-order valence-electron chi connectivity index (χ3n) is 8.06. The maximum atomic E-state index is 7.74. The van der Waals surface area contributed by atoms with Crippen LogP contribution in [0.4, 0.5) is 0 Å². The van der Waals surface area contributed by atoms with E-state index in [-0.39, 0.29) is 0 Å². The summed E-state index contributed by atoms with van der Waals surface area (Å²) in [6.45, 7) is 43.1. The van der Waals surface area contributed by atoms with Gasteiger partial charge in [0, 0.05) is 0 Å². The normalized spacial score (nSPS) is 14.0. The largest absolute Gasteiger partial charge is 0.606 e. The fourth-order valence-electron chi connectivity index (χ4n) is 8.56. The fraction of sp³-hybridized carbons (Fsp3) is 1.00. The van der Waals surface area contributed by atoms with Crippen LogP contribution in [0.5, 0.6) is 0 Å². The maximum absolute atomic E-state index is 7.74. The average Bonchev–Trinajstić information content (AvgIpc) is 2.67. The minimum absolute atomic E-state index is 0.506. The van der Waals surface area contributed by atoms with Crippen LogP contribution in [0, 0.1) is 53.3 Å². The Hall–Kier alpha value is 0.596. The van der Waals surface area contributed by atoms with Gasteiger partial charge in [0.25, 0.3) is 0 Å². The molecule has 0 aromatic carbocycles. The molecule has 7 heteroatoms. The molecule has 0 aliphatic carbocycles. The van der Waals surface area contributed by atoms with E-state index in [1.807, 2.05) is 0 Å². The maximum Gasteiger partial charge on any atom is 0.606 e. The van der Waals surface area contributed by atoms with E-state index in [4.69, 9.17) is 13.0 Å². The zero-order chi connectivity index (χ0) is 33.8. The van der Waals surface area contributed by atoms with Crippen LogP contribution < -0.4 is 0 Å². The van der Waals surface area contributed by atoms with Gasteiger partial charge in [-0.2, -0.15) is 0 Å². The smallest absolute Gasteiger partial charge is 0.429 e. The van der Waals surface area contributed by atoms with E-state index in [9.17, 15) is 0 Å². The Balaban J connectivity index is 7.39. The third kappa shape index (κ3) is 19.1. The zero-order valence-electron chi connectivity index (χ0n) is 32.9. The van der Waals surface area contributed by atoms with Crippen molar-refractivity contribution in [3.8, 4) is 0 Å². The molecule has 258 valence electrons. The standard InChI is InChI=1S/C36H81BO3Si3/c1-28(2)19-41(20-29(3)4,21-30(5)6)38-37(39-42(22-31(7)8,23-32(9)10)24-33(11)12)40-43(25-34(13)14,26-35(15)16)27-36(17)18/h28-36H,19-27H2,1-18H3. The molecule has 3 nitrogen and oxygen atoms in total. The Labute approximate surface area is 276 Å². The molecule has 0 fully saturated rings. The van der Waals surface area contributed by atoms with Crippen molar-refractivity contribution in [1.82, 2.24) is 0 Å². The van der Waals surface area contributed by atoms with Crippen LogP contribution in [0.1, 0.15) is 125 Å². The molecular formula is C36H81BO3Si3. The zero-order valence-corrected chi connectivity index (χ0v) is 35.9. The van der Waals surface area contributed by atoms with Crippen molar-refractivity contribution in [1.29, 1.82) is 0 Å².